The number of aryl methyl sites for hydroxylation is 1. The van der Waals surface area contributed by atoms with Gasteiger partial charge in [-0.1, -0.05) is 79.2 Å². The van der Waals surface area contributed by atoms with E-state index in [-0.39, 0.29) is 25.0 Å². The van der Waals surface area contributed by atoms with E-state index < -0.39 is 6.04 Å². The van der Waals surface area contributed by atoms with Crippen molar-refractivity contribution in [2.45, 2.75) is 46.2 Å². The van der Waals surface area contributed by atoms with Gasteiger partial charge in [-0.05, 0) is 54.7 Å². The molecule has 0 aliphatic heterocycles. The van der Waals surface area contributed by atoms with Crippen LogP contribution in [-0.4, -0.2) is 35.9 Å². The molecular weight excluding hydrogens is 460 g/mol. The second-order valence-corrected chi connectivity index (χ2v) is 9.00. The summed E-state index contributed by atoms with van der Waals surface area (Å²) in [6, 6.07) is 22.1. The summed E-state index contributed by atoms with van der Waals surface area (Å²) in [7, 11) is 0. The van der Waals surface area contributed by atoms with Gasteiger partial charge in [-0.15, -0.1) is 0 Å². The highest BCUT2D eigenvalue weighted by molar-refractivity contribution is 6.31. The number of ether oxygens (including phenoxy) is 1. The lowest BCUT2D eigenvalue weighted by molar-refractivity contribution is -0.142. The molecule has 0 unspecified atom stereocenters. The number of halogens is 1. The van der Waals surface area contributed by atoms with Crippen LogP contribution in [0.15, 0.2) is 72.8 Å². The molecule has 5 nitrogen and oxygen atoms in total. The molecule has 3 aromatic carbocycles. The summed E-state index contributed by atoms with van der Waals surface area (Å²) in [5.74, 6) is 0.187. The van der Waals surface area contributed by atoms with Gasteiger partial charge in [-0.2, -0.15) is 0 Å². The van der Waals surface area contributed by atoms with Crippen LogP contribution in [0.2, 0.25) is 5.02 Å². The smallest absolute Gasteiger partial charge is 0.261 e. The zero-order chi connectivity index (χ0) is 25.2. The number of amides is 2. The molecule has 3 rings (SSSR count). The van der Waals surface area contributed by atoms with Crippen molar-refractivity contribution in [1.29, 1.82) is 0 Å². The second-order valence-electron chi connectivity index (χ2n) is 8.60. The van der Waals surface area contributed by atoms with Gasteiger partial charge in [0.15, 0.2) is 6.61 Å². The minimum atomic E-state index is -0.713. The van der Waals surface area contributed by atoms with E-state index in [0.717, 1.165) is 28.7 Å². The van der Waals surface area contributed by atoms with E-state index >= 15 is 0 Å². The maximum absolute atomic E-state index is 13.6. The summed E-state index contributed by atoms with van der Waals surface area (Å²) < 4.78 is 5.93. The number of carbonyl (C=O) groups excluding carboxylic acids is 2. The Kier molecular flexibility index (Phi) is 9.74. The molecule has 35 heavy (non-hydrogen) atoms. The Bertz CT molecular complexity index is 1130. The van der Waals surface area contributed by atoms with Crippen LogP contribution in [0.1, 0.15) is 35.6 Å². The number of carbonyl (C=O) groups is 2. The molecule has 0 saturated heterocycles. The summed E-state index contributed by atoms with van der Waals surface area (Å²) in [6.07, 6.45) is 1.19. The number of hydrogen-bond donors (Lipinski definition) is 1. The molecule has 0 bridgehead atoms. The summed E-state index contributed by atoms with van der Waals surface area (Å²) in [6.45, 7) is 6.52. The largest absolute Gasteiger partial charge is 0.483 e. The van der Waals surface area contributed by atoms with Crippen molar-refractivity contribution in [2.75, 3.05) is 13.2 Å². The molecule has 0 fully saturated rings. The fraction of sp³-hybridized carbons (Fsp3) is 0.310. The van der Waals surface area contributed by atoms with Crippen LogP contribution in [0.4, 0.5) is 0 Å². The van der Waals surface area contributed by atoms with E-state index in [2.05, 4.69) is 5.32 Å². The van der Waals surface area contributed by atoms with Crippen LogP contribution < -0.4 is 10.1 Å². The predicted molar refractivity (Wildman–Crippen MR) is 141 cm³/mol. The first-order valence-corrected chi connectivity index (χ1v) is 12.3. The summed E-state index contributed by atoms with van der Waals surface area (Å²) in [5.41, 5.74) is 3.82. The van der Waals surface area contributed by atoms with E-state index in [1.165, 1.54) is 0 Å². The Morgan fingerprint density at radius 3 is 2.40 bits per heavy atom. The first kappa shape index (κ1) is 26.3. The van der Waals surface area contributed by atoms with Gasteiger partial charge in [0, 0.05) is 24.5 Å². The third-order valence-corrected chi connectivity index (χ3v) is 6.39. The number of hydrogen-bond acceptors (Lipinski definition) is 3. The molecule has 0 aliphatic rings. The number of rotatable bonds is 11. The highest BCUT2D eigenvalue weighted by Crippen LogP contribution is 2.23. The van der Waals surface area contributed by atoms with Gasteiger partial charge < -0.3 is 15.0 Å². The lowest BCUT2D eigenvalue weighted by Gasteiger charge is -2.31. The van der Waals surface area contributed by atoms with Crippen molar-refractivity contribution in [3.63, 3.8) is 0 Å². The summed E-state index contributed by atoms with van der Waals surface area (Å²) >= 11 is 6.44. The number of benzene rings is 3. The molecule has 184 valence electrons. The number of nitrogens with one attached hydrogen (secondary N) is 1. The Labute approximate surface area is 213 Å². The van der Waals surface area contributed by atoms with E-state index in [4.69, 9.17) is 16.3 Å². The molecule has 0 spiro atoms. The van der Waals surface area contributed by atoms with Gasteiger partial charge in [0.25, 0.3) is 5.91 Å². The van der Waals surface area contributed by atoms with Crippen LogP contribution in [0.5, 0.6) is 5.75 Å². The molecule has 0 radical (unpaired) electrons. The minimum Gasteiger partial charge on any atom is -0.483 e. The Morgan fingerprint density at radius 1 is 0.971 bits per heavy atom. The maximum atomic E-state index is 13.6. The summed E-state index contributed by atoms with van der Waals surface area (Å²) in [4.78, 5) is 28.5. The fourth-order valence-electron chi connectivity index (χ4n) is 3.83. The van der Waals surface area contributed by atoms with E-state index in [9.17, 15) is 9.59 Å². The van der Waals surface area contributed by atoms with Gasteiger partial charge in [0.2, 0.25) is 5.91 Å². The third-order valence-electron chi connectivity index (χ3n) is 6.02. The standard InChI is InChI=1S/C29H33ClN2O3/c1-4-17-31-29(34)26(18-23-12-6-5-7-13-23)32(19-24-14-8-9-15-25(24)30)28(33)20-35-27-16-10-11-21(2)22(27)3/h5-16,26H,4,17-20H2,1-3H3,(H,31,34)/t26-/m0/s1. The normalized spacial score (nSPS) is 11.5. The first-order valence-electron chi connectivity index (χ1n) is 11.9. The minimum absolute atomic E-state index is 0.179. The third kappa shape index (κ3) is 7.33. The van der Waals surface area contributed by atoms with Crippen molar-refractivity contribution in [1.82, 2.24) is 10.2 Å². The van der Waals surface area contributed by atoms with Crippen molar-refractivity contribution in [3.8, 4) is 5.75 Å². The van der Waals surface area contributed by atoms with Gasteiger partial charge in [-0.25, -0.2) is 0 Å². The molecule has 3 aromatic rings. The molecule has 2 amide bonds. The predicted octanol–water partition coefficient (Wildman–Crippen LogP) is 5.50. The zero-order valence-electron chi connectivity index (χ0n) is 20.6. The lowest BCUT2D eigenvalue weighted by Crippen LogP contribution is -2.51. The fourth-order valence-corrected chi connectivity index (χ4v) is 4.03. The van der Waals surface area contributed by atoms with Crippen LogP contribution in [0.25, 0.3) is 0 Å². The molecule has 0 aliphatic carbocycles. The van der Waals surface area contributed by atoms with E-state index in [1.807, 2.05) is 87.5 Å². The molecule has 6 heteroatoms. The molecule has 0 heterocycles. The first-order chi connectivity index (χ1) is 16.9. The molecule has 1 atom stereocenters. The SMILES string of the molecule is CCCNC(=O)[C@H](Cc1ccccc1)N(Cc1ccccc1Cl)C(=O)COc1cccc(C)c1C. The topological polar surface area (TPSA) is 58.6 Å². The molecular formula is C29H33ClN2O3. The van der Waals surface area contributed by atoms with Crippen molar-refractivity contribution in [2.24, 2.45) is 0 Å². The van der Waals surface area contributed by atoms with Crippen LogP contribution in [0, 0.1) is 13.8 Å². The molecule has 0 saturated carbocycles. The quantitative estimate of drug-likeness (QED) is 0.384. The van der Waals surface area contributed by atoms with Gasteiger partial charge >= 0.3 is 0 Å². The molecule has 0 aromatic heterocycles. The maximum Gasteiger partial charge on any atom is 0.261 e. The Balaban J connectivity index is 1.92. The van der Waals surface area contributed by atoms with Crippen molar-refractivity contribution < 1.29 is 14.3 Å². The summed E-state index contributed by atoms with van der Waals surface area (Å²) in [5, 5.41) is 3.52. The second kappa shape index (κ2) is 13.0. The lowest BCUT2D eigenvalue weighted by atomic mass is 10.0. The average Bonchev–Trinajstić information content (AvgIpc) is 2.87. The van der Waals surface area contributed by atoms with Crippen LogP contribution in [-0.2, 0) is 22.6 Å². The van der Waals surface area contributed by atoms with E-state index in [1.54, 1.807) is 11.0 Å². The van der Waals surface area contributed by atoms with E-state index in [0.29, 0.717) is 23.7 Å². The Hall–Kier alpha value is -3.31. The monoisotopic (exact) mass is 492 g/mol. The van der Waals surface area contributed by atoms with Gasteiger partial charge in [0.05, 0.1) is 0 Å². The van der Waals surface area contributed by atoms with Crippen molar-refractivity contribution in [3.05, 3.63) is 100 Å². The number of nitrogens with zero attached hydrogens (tertiary/aromatic N) is 1. The van der Waals surface area contributed by atoms with Crippen LogP contribution >= 0.6 is 11.6 Å². The Morgan fingerprint density at radius 2 is 1.69 bits per heavy atom. The highest BCUT2D eigenvalue weighted by Gasteiger charge is 2.31. The highest BCUT2D eigenvalue weighted by atomic mass is 35.5. The van der Waals surface area contributed by atoms with Gasteiger partial charge in [0.1, 0.15) is 11.8 Å². The molecule has 1 N–H and O–H groups in total. The average molecular weight is 493 g/mol. The van der Waals surface area contributed by atoms with Crippen molar-refractivity contribution >= 4 is 23.4 Å². The van der Waals surface area contributed by atoms with Gasteiger partial charge in [-0.3, -0.25) is 9.59 Å². The van der Waals surface area contributed by atoms with Crippen LogP contribution in [0.3, 0.4) is 0 Å². The zero-order valence-corrected chi connectivity index (χ0v) is 21.3.